The number of rotatable bonds is 6. The van der Waals surface area contributed by atoms with Crippen LogP contribution in [0.2, 0.25) is 0 Å². The second-order valence-corrected chi connectivity index (χ2v) is 10.5. The molecule has 1 unspecified atom stereocenters. The molecule has 0 saturated heterocycles. The normalized spacial score (nSPS) is 18.3. The fraction of sp³-hybridized carbons (Fsp3) is 0.290. The van der Waals surface area contributed by atoms with Crippen LogP contribution in [0.5, 0.6) is 5.75 Å². The van der Waals surface area contributed by atoms with Crippen molar-refractivity contribution in [2.45, 2.75) is 39.3 Å². The molecule has 0 fully saturated rings. The summed E-state index contributed by atoms with van der Waals surface area (Å²) < 4.78 is 5.44. The molecule has 1 heterocycles. The number of Topliss-reactive ketones (excluding diaryl/α,β-unsaturated/α-hetero) is 1. The Morgan fingerprint density at radius 1 is 1.00 bits per heavy atom. The molecule has 37 heavy (non-hydrogen) atoms. The Morgan fingerprint density at radius 2 is 1.70 bits per heavy atom. The third-order valence-electron chi connectivity index (χ3n) is 7.10. The number of allylic oxidation sites excluding steroid dienone is 1. The molecule has 0 bridgehead atoms. The van der Waals surface area contributed by atoms with Gasteiger partial charge in [-0.15, -0.1) is 0 Å². The maximum absolute atomic E-state index is 13.7. The van der Waals surface area contributed by atoms with Crippen molar-refractivity contribution in [2.24, 2.45) is 5.41 Å². The molecule has 3 aromatic carbocycles. The Morgan fingerprint density at radius 3 is 2.49 bits per heavy atom. The number of benzene rings is 3. The Hall–Kier alpha value is -4.06. The van der Waals surface area contributed by atoms with Crippen molar-refractivity contribution in [3.8, 4) is 5.75 Å². The zero-order valence-corrected chi connectivity index (χ0v) is 21.6. The zero-order chi connectivity index (χ0) is 26.0. The third-order valence-corrected chi connectivity index (χ3v) is 7.10. The van der Waals surface area contributed by atoms with Gasteiger partial charge < -0.3 is 20.3 Å². The van der Waals surface area contributed by atoms with Gasteiger partial charge in [-0.2, -0.15) is 0 Å². The van der Waals surface area contributed by atoms with E-state index in [0.29, 0.717) is 13.0 Å². The maximum Gasteiger partial charge on any atom is 0.239 e. The Kier molecular flexibility index (Phi) is 6.74. The number of methoxy groups -OCH3 is 1. The van der Waals surface area contributed by atoms with Crippen LogP contribution in [0.4, 0.5) is 11.4 Å². The molecule has 2 aliphatic rings. The first-order valence-electron chi connectivity index (χ1n) is 12.7. The van der Waals surface area contributed by atoms with Crippen LogP contribution in [0.15, 0.2) is 90.1 Å². The number of ether oxygens (including phenoxy) is 1. The minimum absolute atomic E-state index is 0.0981. The van der Waals surface area contributed by atoms with Crippen LogP contribution in [-0.4, -0.2) is 25.3 Å². The predicted molar refractivity (Wildman–Crippen MR) is 146 cm³/mol. The highest BCUT2D eigenvalue weighted by molar-refractivity contribution is 6.01. The fourth-order valence-corrected chi connectivity index (χ4v) is 5.46. The van der Waals surface area contributed by atoms with Crippen LogP contribution in [0, 0.1) is 5.41 Å². The molecule has 0 radical (unpaired) electrons. The summed E-state index contributed by atoms with van der Waals surface area (Å²) in [5, 5.41) is 6.65. The van der Waals surface area contributed by atoms with E-state index in [2.05, 4.69) is 29.4 Å². The van der Waals surface area contributed by atoms with Crippen molar-refractivity contribution in [3.05, 3.63) is 101 Å². The quantitative estimate of drug-likeness (QED) is 0.464. The van der Waals surface area contributed by atoms with E-state index in [9.17, 15) is 9.59 Å². The van der Waals surface area contributed by atoms with Crippen molar-refractivity contribution in [1.29, 1.82) is 0 Å². The summed E-state index contributed by atoms with van der Waals surface area (Å²) in [4.78, 5) is 29.2. The van der Waals surface area contributed by atoms with Gasteiger partial charge in [0.25, 0.3) is 0 Å². The largest absolute Gasteiger partial charge is 0.496 e. The van der Waals surface area contributed by atoms with Gasteiger partial charge in [0.2, 0.25) is 5.91 Å². The summed E-state index contributed by atoms with van der Waals surface area (Å²) in [6, 6.07) is 25.3. The van der Waals surface area contributed by atoms with Crippen molar-refractivity contribution in [3.63, 3.8) is 0 Å². The highest BCUT2D eigenvalue weighted by atomic mass is 16.5. The summed E-state index contributed by atoms with van der Waals surface area (Å²) in [6.07, 6.45) is 1.24. The van der Waals surface area contributed by atoms with Gasteiger partial charge in [0.05, 0.1) is 31.1 Å². The molecular formula is C31H33N3O3. The first-order chi connectivity index (χ1) is 17.9. The molecule has 1 atom stereocenters. The molecule has 5 rings (SSSR count). The number of carbonyl (C=O) groups excluding carboxylic acids is 2. The van der Waals surface area contributed by atoms with E-state index in [-0.39, 0.29) is 29.7 Å². The zero-order valence-electron chi connectivity index (χ0n) is 21.6. The standard InChI is InChI=1S/C31H33N3O3/c1-31(2)17-24-29(26(35)18-31)30(21-11-5-4-6-12-21)34(25-15-9-8-14-23(25)33-24)20-28(36)32-19-22-13-7-10-16-27(22)37-3/h4-16,30,33H,17-20H2,1-3H3,(H,32,36). The molecule has 0 spiro atoms. The maximum atomic E-state index is 13.7. The van der Waals surface area contributed by atoms with E-state index in [1.165, 1.54) is 0 Å². The number of carbonyl (C=O) groups is 2. The van der Waals surface area contributed by atoms with Crippen LogP contribution in [-0.2, 0) is 16.1 Å². The lowest BCUT2D eigenvalue weighted by atomic mass is 9.73. The lowest BCUT2D eigenvalue weighted by Crippen LogP contribution is -2.41. The molecule has 1 amide bonds. The SMILES string of the molecule is COc1ccccc1CNC(=O)CN1c2ccccc2NC2=C(C(=O)CC(C)(C)C2)C1c1ccccc1. The van der Waals surface area contributed by atoms with Crippen molar-refractivity contribution < 1.29 is 14.3 Å². The van der Waals surface area contributed by atoms with Crippen molar-refractivity contribution in [2.75, 3.05) is 23.9 Å². The van der Waals surface area contributed by atoms with Crippen LogP contribution in [0.25, 0.3) is 0 Å². The van der Waals surface area contributed by atoms with Gasteiger partial charge in [-0.1, -0.05) is 74.5 Å². The Bertz CT molecular complexity index is 1350. The van der Waals surface area contributed by atoms with Crippen LogP contribution in [0.1, 0.15) is 43.9 Å². The predicted octanol–water partition coefficient (Wildman–Crippen LogP) is 5.63. The highest BCUT2D eigenvalue weighted by Gasteiger charge is 2.41. The van der Waals surface area contributed by atoms with E-state index in [0.717, 1.165) is 45.9 Å². The number of anilines is 2. The van der Waals surface area contributed by atoms with Crippen LogP contribution < -0.4 is 20.3 Å². The molecule has 1 aliphatic heterocycles. The topological polar surface area (TPSA) is 70.7 Å². The van der Waals surface area contributed by atoms with E-state index < -0.39 is 0 Å². The summed E-state index contributed by atoms with van der Waals surface area (Å²) in [6.45, 7) is 4.72. The Labute approximate surface area is 218 Å². The lowest BCUT2D eigenvalue weighted by molar-refractivity contribution is -0.120. The lowest BCUT2D eigenvalue weighted by Gasteiger charge is -2.37. The number of nitrogens with one attached hydrogen (secondary N) is 2. The van der Waals surface area contributed by atoms with Crippen LogP contribution >= 0.6 is 0 Å². The number of ketones is 1. The molecule has 1 aliphatic carbocycles. The molecule has 190 valence electrons. The second kappa shape index (κ2) is 10.1. The van der Waals surface area contributed by atoms with Gasteiger partial charge in [-0.25, -0.2) is 0 Å². The summed E-state index contributed by atoms with van der Waals surface area (Å²) in [5.41, 5.74) is 5.24. The van der Waals surface area contributed by atoms with Gasteiger partial charge in [-0.05, 0) is 35.6 Å². The molecule has 0 saturated carbocycles. The average molecular weight is 496 g/mol. The molecular weight excluding hydrogens is 462 g/mol. The summed E-state index contributed by atoms with van der Waals surface area (Å²) in [7, 11) is 1.63. The monoisotopic (exact) mass is 495 g/mol. The van der Waals surface area contributed by atoms with Gasteiger partial charge >= 0.3 is 0 Å². The fourth-order valence-electron chi connectivity index (χ4n) is 5.46. The minimum Gasteiger partial charge on any atom is -0.496 e. The number of hydrogen-bond acceptors (Lipinski definition) is 5. The minimum atomic E-state index is -0.382. The van der Waals surface area contributed by atoms with Crippen molar-refractivity contribution >= 4 is 23.1 Å². The number of nitrogens with zero attached hydrogens (tertiary/aromatic N) is 1. The summed E-state index contributed by atoms with van der Waals surface area (Å²) >= 11 is 0. The van der Waals surface area contributed by atoms with E-state index >= 15 is 0 Å². The second-order valence-electron chi connectivity index (χ2n) is 10.5. The molecule has 3 aromatic rings. The number of hydrogen-bond donors (Lipinski definition) is 2. The molecule has 0 aromatic heterocycles. The number of para-hydroxylation sites is 3. The van der Waals surface area contributed by atoms with E-state index in [4.69, 9.17) is 4.74 Å². The number of fused-ring (bicyclic) bond motifs is 1. The molecule has 6 nitrogen and oxygen atoms in total. The smallest absolute Gasteiger partial charge is 0.239 e. The average Bonchev–Trinajstić information content (AvgIpc) is 3.02. The molecule has 6 heteroatoms. The summed E-state index contributed by atoms with van der Waals surface area (Å²) in [5.74, 6) is 0.730. The van der Waals surface area contributed by atoms with Gasteiger partial charge in [0, 0.05) is 29.8 Å². The highest BCUT2D eigenvalue weighted by Crippen LogP contribution is 2.48. The van der Waals surface area contributed by atoms with Gasteiger partial charge in [0.15, 0.2) is 5.78 Å². The third kappa shape index (κ3) is 5.10. The van der Waals surface area contributed by atoms with E-state index in [1.807, 2.05) is 78.9 Å². The first-order valence-corrected chi connectivity index (χ1v) is 12.7. The van der Waals surface area contributed by atoms with Gasteiger partial charge in [-0.3, -0.25) is 9.59 Å². The van der Waals surface area contributed by atoms with E-state index in [1.54, 1.807) is 7.11 Å². The number of amides is 1. The molecule has 2 N–H and O–H groups in total. The Balaban J connectivity index is 1.54. The van der Waals surface area contributed by atoms with Crippen molar-refractivity contribution in [1.82, 2.24) is 5.32 Å². The first kappa shape index (κ1) is 24.6. The van der Waals surface area contributed by atoms with Crippen LogP contribution in [0.3, 0.4) is 0 Å². The van der Waals surface area contributed by atoms with Gasteiger partial charge in [0.1, 0.15) is 5.75 Å².